The number of carbonyl (C=O) groups is 2. The molecule has 0 saturated carbocycles. The summed E-state index contributed by atoms with van der Waals surface area (Å²) in [7, 11) is -1.44. The number of nitrogen functional groups attached to an aromatic ring is 1. The molecular weight excluding hydrogens is 522 g/mol. The molecule has 1 aliphatic heterocycles. The first-order chi connectivity index (χ1) is 17.6. The quantitative estimate of drug-likeness (QED) is 0.417. The summed E-state index contributed by atoms with van der Waals surface area (Å²) in [5.41, 5.74) is 8.08. The molecule has 0 spiro atoms. The first-order valence-corrected chi connectivity index (χ1v) is 12.9. The number of amides is 2. The van der Waals surface area contributed by atoms with Crippen LogP contribution in [0.1, 0.15) is 15.9 Å². The third-order valence-electron chi connectivity index (χ3n) is 5.60. The Kier molecular flexibility index (Phi) is 7.99. The number of rotatable bonds is 8. The van der Waals surface area contributed by atoms with Crippen LogP contribution in [0.15, 0.2) is 71.8 Å². The van der Waals surface area contributed by atoms with E-state index in [9.17, 15) is 22.6 Å². The van der Waals surface area contributed by atoms with Gasteiger partial charge in [0.2, 0.25) is 5.91 Å². The lowest BCUT2D eigenvalue weighted by Crippen LogP contribution is -2.58. The van der Waals surface area contributed by atoms with E-state index in [-0.39, 0.29) is 18.2 Å². The number of hydrogen-bond donors (Lipinski definition) is 2. The second kappa shape index (κ2) is 11.2. The highest BCUT2D eigenvalue weighted by atomic mass is 35.5. The van der Waals surface area contributed by atoms with E-state index < -0.39 is 35.7 Å². The van der Waals surface area contributed by atoms with Gasteiger partial charge in [-0.05, 0) is 59.2 Å². The Hall–Kier alpha value is -3.63. The van der Waals surface area contributed by atoms with E-state index in [1.165, 1.54) is 6.08 Å². The molecule has 0 radical (unpaired) electrons. The Morgan fingerprint density at radius 3 is 2.43 bits per heavy atom. The largest absolute Gasteiger partial charge is 0.384 e. The highest BCUT2D eigenvalue weighted by Crippen LogP contribution is 2.30. The third kappa shape index (κ3) is 6.78. The predicted octanol–water partition coefficient (Wildman–Crippen LogP) is 4.01. The van der Waals surface area contributed by atoms with Crippen molar-refractivity contribution in [1.82, 2.24) is 15.2 Å². The molecule has 1 atom stereocenters. The number of likely N-dealkylation sites (tertiary alicyclic amines) is 1. The van der Waals surface area contributed by atoms with Crippen molar-refractivity contribution in [1.29, 1.82) is 0 Å². The van der Waals surface area contributed by atoms with Crippen LogP contribution in [-0.2, 0) is 15.6 Å². The Morgan fingerprint density at radius 2 is 1.81 bits per heavy atom. The summed E-state index contributed by atoms with van der Waals surface area (Å²) in [6, 6.07) is 15.0. The minimum atomic E-state index is -2.81. The summed E-state index contributed by atoms with van der Waals surface area (Å²) in [5.74, 6) is -3.02. The molecule has 1 aliphatic rings. The lowest BCUT2D eigenvalue weighted by atomic mass is 10.0. The van der Waals surface area contributed by atoms with Gasteiger partial charge in [-0.25, -0.2) is 13.8 Å². The highest BCUT2D eigenvalue weighted by Gasteiger charge is 2.46. The predicted molar refractivity (Wildman–Crippen MR) is 140 cm³/mol. The Labute approximate surface area is 219 Å². The van der Waals surface area contributed by atoms with Crippen LogP contribution in [0.4, 0.5) is 14.6 Å². The normalized spacial score (nSPS) is 15.3. The molecular formula is C26H23ClF2N4O3S. The molecule has 2 heterocycles. The van der Waals surface area contributed by atoms with Gasteiger partial charge < -0.3 is 16.0 Å². The van der Waals surface area contributed by atoms with Crippen molar-refractivity contribution in [2.45, 2.75) is 10.8 Å². The van der Waals surface area contributed by atoms with E-state index in [1.807, 2.05) is 0 Å². The number of aromatic nitrogens is 1. The number of hydrogen-bond acceptors (Lipinski definition) is 5. The van der Waals surface area contributed by atoms with Crippen LogP contribution in [0, 0.1) is 0 Å². The molecule has 1 fully saturated rings. The monoisotopic (exact) mass is 544 g/mol. The molecule has 11 heteroatoms. The zero-order valence-corrected chi connectivity index (χ0v) is 21.1. The van der Waals surface area contributed by atoms with Gasteiger partial charge in [0.25, 0.3) is 11.8 Å². The van der Waals surface area contributed by atoms with Crippen molar-refractivity contribution in [2.75, 3.05) is 31.1 Å². The number of nitrogens with one attached hydrogen (secondary N) is 1. The van der Waals surface area contributed by atoms with Crippen LogP contribution >= 0.6 is 11.6 Å². The van der Waals surface area contributed by atoms with E-state index in [4.69, 9.17) is 17.3 Å². The molecule has 3 aromatic rings. The van der Waals surface area contributed by atoms with E-state index in [1.54, 1.807) is 66.9 Å². The number of anilines is 1. The summed E-state index contributed by atoms with van der Waals surface area (Å²) in [4.78, 5) is 29.8. The number of nitrogens with two attached hydrogens (primary N) is 1. The second-order valence-corrected chi connectivity index (χ2v) is 10.4. The Balaban J connectivity index is 1.30. The molecule has 2 aromatic carbocycles. The maximum Gasteiger partial charge on any atom is 0.282 e. The number of halogens is 3. The molecule has 7 nitrogen and oxygen atoms in total. The van der Waals surface area contributed by atoms with Crippen LogP contribution in [0.2, 0.25) is 5.02 Å². The zero-order valence-electron chi connectivity index (χ0n) is 19.5. The standard InChI is InChI=1S/C26H23ClF2N4O3S/c27-21-13-20(18-3-5-19(6-4-18)25(35)33-15-26(28,29)16-33)7-8-22(21)37(36)12-11-31-24(34)10-2-17-1-9-23(30)32-14-17/h1-10,13-14H,11-12,15-16H2,(H2,30,32)(H,31,34)/b10-2+. The first-order valence-electron chi connectivity index (χ1n) is 11.2. The maximum absolute atomic E-state index is 13.0. The molecule has 1 saturated heterocycles. The SMILES string of the molecule is Nc1ccc(/C=C/C(=O)NCCS(=O)c2ccc(-c3ccc(C(=O)N4CC(F)(F)C4)cc3)cc2Cl)cn1. The molecule has 3 N–H and O–H groups in total. The number of nitrogens with zero attached hydrogens (tertiary/aromatic N) is 2. The fourth-order valence-electron chi connectivity index (χ4n) is 3.63. The fourth-order valence-corrected chi connectivity index (χ4v) is 5.07. The van der Waals surface area contributed by atoms with Gasteiger partial charge in [0.05, 0.1) is 33.8 Å². The van der Waals surface area contributed by atoms with Gasteiger partial charge in [0, 0.05) is 30.1 Å². The average Bonchev–Trinajstić information content (AvgIpc) is 2.86. The lowest BCUT2D eigenvalue weighted by molar-refractivity contribution is -0.116. The first kappa shape index (κ1) is 26.4. The number of carbonyl (C=O) groups excluding carboxylic acids is 2. The molecule has 4 rings (SSSR count). The van der Waals surface area contributed by atoms with Crippen molar-refractivity contribution in [3.63, 3.8) is 0 Å². The minimum absolute atomic E-state index is 0.175. The summed E-state index contributed by atoms with van der Waals surface area (Å²) in [6.45, 7) is -0.945. The topological polar surface area (TPSA) is 105 Å². The van der Waals surface area contributed by atoms with Crippen molar-refractivity contribution in [3.8, 4) is 11.1 Å². The highest BCUT2D eigenvalue weighted by molar-refractivity contribution is 7.85. The van der Waals surface area contributed by atoms with Crippen molar-refractivity contribution in [3.05, 3.63) is 83.0 Å². The van der Waals surface area contributed by atoms with Gasteiger partial charge in [0.1, 0.15) is 5.82 Å². The average molecular weight is 545 g/mol. The maximum atomic E-state index is 13.0. The lowest BCUT2D eigenvalue weighted by Gasteiger charge is -2.38. The summed E-state index contributed by atoms with van der Waals surface area (Å²) in [6.07, 6.45) is 4.50. The van der Waals surface area contributed by atoms with Gasteiger partial charge in [-0.1, -0.05) is 29.8 Å². The Bertz CT molecular complexity index is 1360. The van der Waals surface area contributed by atoms with Crippen molar-refractivity contribution in [2.24, 2.45) is 0 Å². The second-order valence-electron chi connectivity index (χ2n) is 8.43. The van der Waals surface area contributed by atoms with E-state index in [2.05, 4.69) is 10.3 Å². The zero-order chi connectivity index (χ0) is 26.6. The summed E-state index contributed by atoms with van der Waals surface area (Å²) in [5, 5.41) is 2.98. The van der Waals surface area contributed by atoms with Gasteiger partial charge in [0.15, 0.2) is 0 Å². The molecule has 1 aromatic heterocycles. The molecule has 37 heavy (non-hydrogen) atoms. The number of benzene rings is 2. The van der Waals surface area contributed by atoms with Gasteiger partial charge in [-0.3, -0.25) is 13.8 Å². The van der Waals surface area contributed by atoms with Gasteiger partial charge >= 0.3 is 0 Å². The summed E-state index contributed by atoms with van der Waals surface area (Å²) >= 11 is 6.38. The fraction of sp³-hybridized carbons (Fsp3) is 0.192. The van der Waals surface area contributed by atoms with Crippen LogP contribution in [0.5, 0.6) is 0 Å². The van der Waals surface area contributed by atoms with Gasteiger partial charge in [-0.15, -0.1) is 0 Å². The van der Waals surface area contributed by atoms with E-state index in [0.29, 0.717) is 21.3 Å². The van der Waals surface area contributed by atoms with Crippen LogP contribution in [0.25, 0.3) is 17.2 Å². The van der Waals surface area contributed by atoms with E-state index >= 15 is 0 Å². The molecule has 2 amide bonds. The summed E-state index contributed by atoms with van der Waals surface area (Å²) < 4.78 is 38.8. The number of alkyl halides is 2. The smallest absolute Gasteiger partial charge is 0.282 e. The molecule has 192 valence electrons. The van der Waals surface area contributed by atoms with Crippen molar-refractivity contribution < 1.29 is 22.6 Å². The minimum Gasteiger partial charge on any atom is -0.384 e. The molecule has 1 unspecified atom stereocenters. The Morgan fingerprint density at radius 1 is 1.11 bits per heavy atom. The van der Waals surface area contributed by atoms with Crippen LogP contribution in [-0.4, -0.2) is 57.2 Å². The molecule has 0 aliphatic carbocycles. The third-order valence-corrected chi connectivity index (χ3v) is 7.44. The van der Waals surface area contributed by atoms with Crippen LogP contribution in [0.3, 0.4) is 0 Å². The van der Waals surface area contributed by atoms with Crippen LogP contribution < -0.4 is 11.1 Å². The van der Waals surface area contributed by atoms with Crippen molar-refractivity contribution >= 4 is 46.1 Å². The van der Waals surface area contributed by atoms with Gasteiger partial charge in [-0.2, -0.15) is 0 Å². The van der Waals surface area contributed by atoms with E-state index in [0.717, 1.165) is 21.6 Å². The number of pyridine rings is 1. The molecule has 0 bridgehead atoms.